The van der Waals surface area contributed by atoms with E-state index in [4.69, 9.17) is 21.1 Å². The Bertz CT molecular complexity index is 324. The molecule has 0 saturated carbocycles. The highest BCUT2D eigenvalue weighted by Crippen LogP contribution is 2.41. The standard InChI is InChI=1S/C4H2Br3N3.C4H11NO3/c5-4(6,7)3-9-1-8-2-10-3;5-4(1-6,2-7)3-8/h1-2H;6-8H,1-3,5H2. The van der Waals surface area contributed by atoms with Crippen LogP contribution in [0.4, 0.5) is 0 Å². The van der Waals surface area contributed by atoms with Gasteiger partial charge in [-0.1, -0.05) is 47.8 Å². The van der Waals surface area contributed by atoms with E-state index in [-0.39, 0.29) is 0 Å². The molecule has 18 heavy (non-hydrogen) atoms. The molecule has 7 nitrogen and oxygen atoms in total. The molecule has 0 aliphatic rings. The lowest BCUT2D eigenvalue weighted by Crippen LogP contribution is -2.50. The fourth-order valence-electron chi connectivity index (χ4n) is 0.536. The van der Waals surface area contributed by atoms with E-state index in [2.05, 4.69) is 62.7 Å². The maximum Gasteiger partial charge on any atom is 0.194 e. The zero-order valence-corrected chi connectivity index (χ0v) is 13.9. The van der Waals surface area contributed by atoms with Crippen molar-refractivity contribution in [2.75, 3.05) is 19.8 Å². The van der Waals surface area contributed by atoms with Gasteiger partial charge >= 0.3 is 0 Å². The third kappa shape index (κ3) is 7.02. The van der Waals surface area contributed by atoms with Crippen LogP contribution < -0.4 is 5.73 Å². The minimum Gasteiger partial charge on any atom is -0.394 e. The molecule has 1 aromatic heterocycles. The summed E-state index contributed by atoms with van der Waals surface area (Å²) in [6.45, 7) is -1.21. The number of halogens is 3. The number of nitrogens with two attached hydrogens (primary N) is 1. The van der Waals surface area contributed by atoms with Crippen LogP contribution in [0.3, 0.4) is 0 Å². The van der Waals surface area contributed by atoms with Crippen molar-refractivity contribution in [2.24, 2.45) is 5.73 Å². The number of aliphatic hydroxyl groups excluding tert-OH is 3. The van der Waals surface area contributed by atoms with Crippen LogP contribution >= 0.6 is 47.8 Å². The highest BCUT2D eigenvalue weighted by Gasteiger charge is 2.23. The first kappa shape index (κ1) is 18.3. The smallest absolute Gasteiger partial charge is 0.194 e. The minimum atomic E-state index is -1.21. The van der Waals surface area contributed by atoms with Gasteiger partial charge in [0.05, 0.1) is 25.4 Å². The van der Waals surface area contributed by atoms with Crippen molar-refractivity contribution >= 4 is 47.8 Å². The van der Waals surface area contributed by atoms with Gasteiger partial charge < -0.3 is 21.1 Å². The lowest BCUT2D eigenvalue weighted by molar-refractivity contribution is 0.0698. The van der Waals surface area contributed by atoms with Crippen molar-refractivity contribution in [3.05, 3.63) is 18.5 Å². The number of rotatable bonds is 3. The van der Waals surface area contributed by atoms with Gasteiger partial charge in [0.2, 0.25) is 0 Å². The Morgan fingerprint density at radius 3 is 1.56 bits per heavy atom. The van der Waals surface area contributed by atoms with Gasteiger partial charge in [0.25, 0.3) is 0 Å². The molecule has 104 valence electrons. The summed E-state index contributed by atoms with van der Waals surface area (Å²) < 4.78 is -0.532. The number of nitrogens with zero attached hydrogens (tertiary/aromatic N) is 3. The van der Waals surface area contributed by atoms with Crippen molar-refractivity contribution in [3.63, 3.8) is 0 Å². The van der Waals surface area contributed by atoms with E-state index >= 15 is 0 Å². The molecular formula is C8H13Br3N4O3. The maximum absolute atomic E-state index is 8.34. The number of hydrogen-bond acceptors (Lipinski definition) is 7. The average molecular weight is 453 g/mol. The lowest BCUT2D eigenvalue weighted by Gasteiger charge is -2.20. The van der Waals surface area contributed by atoms with E-state index in [1.54, 1.807) is 0 Å². The fourth-order valence-corrected chi connectivity index (χ4v) is 1.15. The van der Waals surface area contributed by atoms with E-state index in [0.717, 1.165) is 0 Å². The van der Waals surface area contributed by atoms with Gasteiger partial charge in [-0.05, 0) is 0 Å². The van der Waals surface area contributed by atoms with Crippen LogP contribution in [0.5, 0.6) is 0 Å². The summed E-state index contributed by atoms with van der Waals surface area (Å²) in [5, 5.41) is 25.0. The van der Waals surface area contributed by atoms with Gasteiger partial charge in [-0.3, -0.25) is 0 Å². The Kier molecular flexibility index (Phi) is 8.59. The van der Waals surface area contributed by atoms with Crippen molar-refractivity contribution in [2.45, 2.75) is 7.68 Å². The molecule has 0 spiro atoms. The van der Waals surface area contributed by atoms with Crippen LogP contribution in [0.15, 0.2) is 12.7 Å². The monoisotopic (exact) mass is 450 g/mol. The molecule has 0 amide bonds. The van der Waals surface area contributed by atoms with E-state index in [9.17, 15) is 0 Å². The van der Waals surface area contributed by atoms with Crippen LogP contribution in [0.25, 0.3) is 0 Å². The fraction of sp³-hybridized carbons (Fsp3) is 0.625. The number of alkyl halides is 3. The molecular weight excluding hydrogens is 440 g/mol. The van der Waals surface area contributed by atoms with Crippen molar-refractivity contribution in [1.82, 2.24) is 15.0 Å². The molecule has 0 aromatic carbocycles. The summed E-state index contributed by atoms with van der Waals surface area (Å²) in [5.74, 6) is 0.586. The Morgan fingerprint density at radius 2 is 1.39 bits per heavy atom. The molecule has 1 aromatic rings. The summed E-state index contributed by atoms with van der Waals surface area (Å²) in [7, 11) is 0. The Balaban J connectivity index is 0.000000331. The first-order chi connectivity index (χ1) is 8.29. The SMILES string of the molecule is BrC(Br)(Br)c1ncncn1.NC(CO)(CO)CO. The zero-order chi connectivity index (χ0) is 14.2. The topological polar surface area (TPSA) is 125 Å². The van der Waals surface area contributed by atoms with E-state index in [0.29, 0.717) is 5.82 Å². The predicted molar refractivity (Wildman–Crippen MR) is 76.5 cm³/mol. The van der Waals surface area contributed by atoms with E-state index in [1.807, 2.05) is 0 Å². The van der Waals surface area contributed by atoms with Gasteiger partial charge in [-0.2, -0.15) is 0 Å². The van der Waals surface area contributed by atoms with Crippen LogP contribution in [-0.4, -0.2) is 55.6 Å². The lowest BCUT2D eigenvalue weighted by atomic mass is 10.1. The second-order valence-corrected chi connectivity index (χ2v) is 10.1. The molecule has 1 rings (SSSR count). The summed E-state index contributed by atoms with van der Waals surface area (Å²) in [6.07, 6.45) is 2.86. The molecule has 1 heterocycles. The quantitative estimate of drug-likeness (QED) is 0.469. The maximum atomic E-state index is 8.34. The van der Waals surface area contributed by atoms with Gasteiger partial charge in [0.1, 0.15) is 12.7 Å². The molecule has 0 fully saturated rings. The summed E-state index contributed by atoms with van der Waals surface area (Å²) in [5.41, 5.74) is 3.94. The molecule has 0 unspecified atom stereocenters. The second kappa shape index (κ2) is 8.46. The minimum absolute atomic E-state index is 0.403. The highest BCUT2D eigenvalue weighted by atomic mass is 80.0. The second-order valence-electron chi connectivity index (χ2n) is 3.30. The molecule has 0 aliphatic carbocycles. The van der Waals surface area contributed by atoms with Crippen molar-refractivity contribution < 1.29 is 15.3 Å². The zero-order valence-electron chi connectivity index (χ0n) is 9.17. The van der Waals surface area contributed by atoms with Gasteiger partial charge in [-0.15, -0.1) is 0 Å². The largest absolute Gasteiger partial charge is 0.394 e. The van der Waals surface area contributed by atoms with E-state index < -0.39 is 27.5 Å². The van der Waals surface area contributed by atoms with Gasteiger partial charge in [0.15, 0.2) is 7.97 Å². The third-order valence-electron chi connectivity index (χ3n) is 1.69. The van der Waals surface area contributed by atoms with Crippen LogP contribution in [0, 0.1) is 0 Å². The van der Waals surface area contributed by atoms with Gasteiger partial charge in [-0.25, -0.2) is 15.0 Å². The Labute approximate surface area is 129 Å². The van der Waals surface area contributed by atoms with Crippen molar-refractivity contribution in [3.8, 4) is 0 Å². The van der Waals surface area contributed by atoms with Crippen molar-refractivity contribution in [1.29, 1.82) is 0 Å². The molecule has 0 atom stereocenters. The average Bonchev–Trinajstić information content (AvgIpc) is 2.39. The predicted octanol–water partition coefficient (Wildman–Crippen LogP) is -0.173. The molecule has 0 saturated heterocycles. The number of aromatic nitrogens is 3. The highest BCUT2D eigenvalue weighted by molar-refractivity contribution is 9.38. The number of aliphatic hydroxyl groups is 3. The molecule has 0 aliphatic heterocycles. The molecule has 0 radical (unpaired) electrons. The summed E-state index contributed by atoms with van der Waals surface area (Å²) in [4.78, 5) is 11.4. The summed E-state index contributed by atoms with van der Waals surface area (Å²) >= 11 is 9.80. The molecule has 10 heteroatoms. The number of hydrogen-bond donors (Lipinski definition) is 4. The van der Waals surface area contributed by atoms with E-state index in [1.165, 1.54) is 12.7 Å². The first-order valence-electron chi connectivity index (χ1n) is 4.59. The first-order valence-corrected chi connectivity index (χ1v) is 6.97. The Morgan fingerprint density at radius 1 is 1.00 bits per heavy atom. The van der Waals surface area contributed by atoms with Crippen LogP contribution in [-0.2, 0) is 2.14 Å². The summed E-state index contributed by atoms with van der Waals surface area (Å²) in [6, 6.07) is 0. The van der Waals surface area contributed by atoms with Crippen LogP contribution in [0.2, 0.25) is 0 Å². The van der Waals surface area contributed by atoms with Crippen LogP contribution in [0.1, 0.15) is 5.82 Å². The Hall–Kier alpha value is 0.290. The van der Waals surface area contributed by atoms with Gasteiger partial charge in [0, 0.05) is 0 Å². The molecule has 0 bridgehead atoms. The third-order valence-corrected chi connectivity index (χ3v) is 2.76. The normalized spacial score (nSPS) is 11.7. The molecule has 5 N–H and O–H groups in total.